The van der Waals surface area contributed by atoms with Crippen molar-refractivity contribution in [2.24, 2.45) is 5.92 Å². The molecule has 1 atom stereocenters. The second kappa shape index (κ2) is 7.04. The zero-order valence-corrected chi connectivity index (χ0v) is 12.0. The number of aryl methyl sites for hydroxylation is 2. The van der Waals surface area contributed by atoms with Gasteiger partial charge < -0.3 is 4.74 Å². The fourth-order valence-corrected chi connectivity index (χ4v) is 2.88. The van der Waals surface area contributed by atoms with Crippen LogP contribution in [-0.4, -0.2) is 12.5 Å². The second-order valence-corrected chi connectivity index (χ2v) is 5.74. The lowest BCUT2D eigenvalue weighted by atomic mass is 9.92. The first-order valence-electron chi connectivity index (χ1n) is 7.10. The van der Waals surface area contributed by atoms with Crippen LogP contribution in [0.5, 0.6) is 5.75 Å². The number of ether oxygens (including phenoxy) is 1. The van der Waals surface area contributed by atoms with Gasteiger partial charge in [0, 0.05) is 5.88 Å². The molecule has 0 aromatic heterocycles. The summed E-state index contributed by atoms with van der Waals surface area (Å²) in [5.74, 6) is 2.44. The molecule has 18 heavy (non-hydrogen) atoms. The third-order valence-electron chi connectivity index (χ3n) is 3.80. The lowest BCUT2D eigenvalue weighted by molar-refractivity contribution is 0.281. The van der Waals surface area contributed by atoms with Crippen molar-refractivity contribution in [3.63, 3.8) is 0 Å². The Morgan fingerprint density at radius 1 is 1.17 bits per heavy atom. The summed E-state index contributed by atoms with van der Waals surface area (Å²) < 4.78 is 5.85. The number of fused-ring (bicyclic) bond motifs is 1. The van der Waals surface area contributed by atoms with Gasteiger partial charge in [-0.2, -0.15) is 0 Å². The van der Waals surface area contributed by atoms with E-state index in [1.165, 1.54) is 36.8 Å². The number of rotatable bonds is 6. The minimum atomic E-state index is 0.653. The van der Waals surface area contributed by atoms with E-state index in [9.17, 15) is 0 Å². The van der Waals surface area contributed by atoms with E-state index < -0.39 is 0 Å². The van der Waals surface area contributed by atoms with Crippen LogP contribution in [0.3, 0.4) is 0 Å². The van der Waals surface area contributed by atoms with Crippen molar-refractivity contribution in [2.45, 2.75) is 45.4 Å². The molecule has 1 aliphatic carbocycles. The maximum atomic E-state index is 5.85. The largest absolute Gasteiger partial charge is 0.494 e. The van der Waals surface area contributed by atoms with Crippen molar-refractivity contribution in [1.29, 1.82) is 0 Å². The Bertz CT molecular complexity index is 375. The standard InChI is InChI=1S/C16H23ClO/c1-13(8-10-17)9-11-18-16-7-6-14-4-2-3-5-15(14)12-16/h6-7,12-13H,2-5,8-11H2,1H3. The predicted molar refractivity (Wildman–Crippen MR) is 77.7 cm³/mol. The molecule has 1 nitrogen and oxygen atoms in total. The van der Waals surface area contributed by atoms with Crippen molar-refractivity contribution < 1.29 is 4.74 Å². The molecule has 2 rings (SSSR count). The molecule has 0 aliphatic heterocycles. The third kappa shape index (κ3) is 3.91. The quantitative estimate of drug-likeness (QED) is 0.684. The molecule has 1 aromatic rings. The van der Waals surface area contributed by atoms with Gasteiger partial charge in [-0.3, -0.25) is 0 Å². The smallest absolute Gasteiger partial charge is 0.119 e. The topological polar surface area (TPSA) is 9.23 Å². The summed E-state index contributed by atoms with van der Waals surface area (Å²) in [5, 5.41) is 0. The van der Waals surface area contributed by atoms with Gasteiger partial charge in [-0.25, -0.2) is 0 Å². The molecule has 0 amide bonds. The van der Waals surface area contributed by atoms with Crippen LogP contribution in [-0.2, 0) is 12.8 Å². The molecule has 0 bridgehead atoms. The second-order valence-electron chi connectivity index (χ2n) is 5.36. The molecule has 0 saturated heterocycles. The van der Waals surface area contributed by atoms with E-state index >= 15 is 0 Å². The van der Waals surface area contributed by atoms with E-state index in [2.05, 4.69) is 25.1 Å². The zero-order valence-electron chi connectivity index (χ0n) is 11.3. The lowest BCUT2D eigenvalue weighted by Gasteiger charge is -2.17. The van der Waals surface area contributed by atoms with Crippen LogP contribution < -0.4 is 4.74 Å². The van der Waals surface area contributed by atoms with Gasteiger partial charge >= 0.3 is 0 Å². The van der Waals surface area contributed by atoms with Crippen LogP contribution >= 0.6 is 11.6 Å². The number of hydrogen-bond donors (Lipinski definition) is 0. The lowest BCUT2D eigenvalue weighted by Crippen LogP contribution is -2.06. The number of hydrogen-bond acceptors (Lipinski definition) is 1. The summed E-state index contributed by atoms with van der Waals surface area (Å²) in [5.41, 5.74) is 3.01. The van der Waals surface area contributed by atoms with Crippen LogP contribution in [0.15, 0.2) is 18.2 Å². The van der Waals surface area contributed by atoms with Gasteiger partial charge in [0.05, 0.1) is 6.61 Å². The van der Waals surface area contributed by atoms with Gasteiger partial charge in [0.15, 0.2) is 0 Å². The van der Waals surface area contributed by atoms with Crippen LogP contribution in [0, 0.1) is 5.92 Å². The minimum Gasteiger partial charge on any atom is -0.494 e. The molecule has 0 radical (unpaired) electrons. The first-order chi connectivity index (χ1) is 8.79. The molecular weight excluding hydrogens is 244 g/mol. The Hall–Kier alpha value is -0.690. The Morgan fingerprint density at radius 2 is 1.94 bits per heavy atom. The van der Waals surface area contributed by atoms with Gasteiger partial charge in [0.1, 0.15) is 5.75 Å². The predicted octanol–water partition coefficient (Wildman–Crippen LogP) is 4.60. The monoisotopic (exact) mass is 266 g/mol. The van der Waals surface area contributed by atoms with Crippen molar-refractivity contribution >= 4 is 11.6 Å². The summed E-state index contributed by atoms with van der Waals surface area (Å²) in [4.78, 5) is 0. The molecule has 1 aliphatic rings. The van der Waals surface area contributed by atoms with E-state index in [0.29, 0.717) is 5.92 Å². The van der Waals surface area contributed by atoms with Crippen molar-refractivity contribution in [3.05, 3.63) is 29.3 Å². The highest BCUT2D eigenvalue weighted by Gasteiger charge is 2.10. The molecule has 1 unspecified atom stereocenters. The number of halogens is 1. The first kappa shape index (κ1) is 13.7. The van der Waals surface area contributed by atoms with Gasteiger partial charge in [-0.15, -0.1) is 11.6 Å². The maximum absolute atomic E-state index is 5.85. The average Bonchev–Trinajstić information content (AvgIpc) is 2.39. The summed E-state index contributed by atoms with van der Waals surface area (Å²) in [7, 11) is 0. The fraction of sp³-hybridized carbons (Fsp3) is 0.625. The molecule has 2 heteroatoms. The van der Waals surface area contributed by atoms with E-state index in [0.717, 1.165) is 31.1 Å². The van der Waals surface area contributed by atoms with E-state index in [-0.39, 0.29) is 0 Å². The van der Waals surface area contributed by atoms with Gasteiger partial charge in [-0.05, 0) is 67.7 Å². The SMILES string of the molecule is CC(CCCl)CCOc1ccc2c(c1)CCCC2. The fourth-order valence-electron chi connectivity index (χ4n) is 2.51. The molecule has 1 aromatic carbocycles. The van der Waals surface area contributed by atoms with Crippen molar-refractivity contribution in [2.75, 3.05) is 12.5 Å². The van der Waals surface area contributed by atoms with E-state index in [1.54, 1.807) is 0 Å². The zero-order chi connectivity index (χ0) is 12.8. The molecular formula is C16H23ClO. The normalized spacial score (nSPS) is 16.1. The van der Waals surface area contributed by atoms with E-state index in [1.807, 2.05) is 0 Å². The molecule has 0 fully saturated rings. The molecule has 0 spiro atoms. The Kier molecular flexibility index (Phi) is 5.37. The first-order valence-corrected chi connectivity index (χ1v) is 7.63. The van der Waals surface area contributed by atoms with Gasteiger partial charge in [0.2, 0.25) is 0 Å². The average molecular weight is 267 g/mol. The summed E-state index contributed by atoms with van der Waals surface area (Å²) in [6, 6.07) is 6.60. The molecule has 100 valence electrons. The highest BCUT2D eigenvalue weighted by Crippen LogP contribution is 2.25. The maximum Gasteiger partial charge on any atom is 0.119 e. The van der Waals surface area contributed by atoms with Crippen LogP contribution in [0.2, 0.25) is 0 Å². The van der Waals surface area contributed by atoms with E-state index in [4.69, 9.17) is 16.3 Å². The molecule has 0 heterocycles. The summed E-state index contributed by atoms with van der Waals surface area (Å²) in [6.45, 7) is 3.04. The third-order valence-corrected chi connectivity index (χ3v) is 4.02. The Balaban J connectivity index is 1.82. The number of benzene rings is 1. The van der Waals surface area contributed by atoms with Crippen LogP contribution in [0.4, 0.5) is 0 Å². The molecule has 0 saturated carbocycles. The number of alkyl halides is 1. The molecule has 0 N–H and O–H groups in total. The van der Waals surface area contributed by atoms with Crippen LogP contribution in [0.1, 0.15) is 43.7 Å². The summed E-state index contributed by atoms with van der Waals surface area (Å²) in [6.07, 6.45) is 7.28. The highest BCUT2D eigenvalue weighted by molar-refractivity contribution is 6.17. The van der Waals surface area contributed by atoms with Gasteiger partial charge in [-0.1, -0.05) is 13.0 Å². The minimum absolute atomic E-state index is 0.653. The van der Waals surface area contributed by atoms with Gasteiger partial charge in [0.25, 0.3) is 0 Å². The van der Waals surface area contributed by atoms with Crippen molar-refractivity contribution in [1.82, 2.24) is 0 Å². The Morgan fingerprint density at radius 3 is 2.72 bits per heavy atom. The highest BCUT2D eigenvalue weighted by atomic mass is 35.5. The van der Waals surface area contributed by atoms with Crippen molar-refractivity contribution in [3.8, 4) is 5.75 Å². The summed E-state index contributed by atoms with van der Waals surface area (Å²) >= 11 is 5.73. The Labute approximate surface area is 115 Å². The van der Waals surface area contributed by atoms with Crippen LogP contribution in [0.25, 0.3) is 0 Å².